The van der Waals surface area contributed by atoms with Gasteiger partial charge >= 0.3 is 0 Å². The Kier molecular flexibility index (Phi) is 5.33. The first kappa shape index (κ1) is 15.5. The first-order chi connectivity index (χ1) is 10.1. The molecule has 2 aromatic rings. The number of hydrogen-bond acceptors (Lipinski definition) is 4. The van der Waals surface area contributed by atoms with Crippen molar-refractivity contribution in [1.82, 2.24) is 14.8 Å². The van der Waals surface area contributed by atoms with Crippen LogP contribution in [-0.2, 0) is 24.3 Å². The third-order valence-corrected chi connectivity index (χ3v) is 3.15. The first-order valence-electron chi connectivity index (χ1n) is 7.16. The van der Waals surface area contributed by atoms with Gasteiger partial charge in [0.25, 0.3) is 0 Å². The molecule has 21 heavy (non-hydrogen) atoms. The summed E-state index contributed by atoms with van der Waals surface area (Å²) in [5.74, 6) is 3.14. The van der Waals surface area contributed by atoms with Crippen molar-refractivity contribution in [2.24, 2.45) is 5.92 Å². The van der Waals surface area contributed by atoms with Crippen LogP contribution in [0.15, 0.2) is 24.3 Å². The Morgan fingerprint density at radius 3 is 2.43 bits per heavy atom. The van der Waals surface area contributed by atoms with E-state index in [9.17, 15) is 0 Å². The SMILES string of the molecule is COCc1nc(CC(C)C)nn1Cc1ccc(OC)cc1. The first-order valence-corrected chi connectivity index (χ1v) is 7.16. The fourth-order valence-corrected chi connectivity index (χ4v) is 2.14. The van der Waals surface area contributed by atoms with Crippen molar-refractivity contribution in [3.63, 3.8) is 0 Å². The lowest BCUT2D eigenvalue weighted by Gasteiger charge is -2.06. The van der Waals surface area contributed by atoms with Crippen molar-refractivity contribution in [2.75, 3.05) is 14.2 Å². The van der Waals surface area contributed by atoms with Gasteiger partial charge in [0.1, 0.15) is 12.4 Å². The molecular formula is C16H23N3O2. The number of aromatic nitrogens is 3. The summed E-state index contributed by atoms with van der Waals surface area (Å²) in [7, 11) is 3.34. The van der Waals surface area contributed by atoms with E-state index in [-0.39, 0.29) is 0 Å². The number of methoxy groups -OCH3 is 2. The molecule has 0 amide bonds. The molecule has 0 aliphatic heterocycles. The highest BCUT2D eigenvalue weighted by Gasteiger charge is 2.11. The number of hydrogen-bond donors (Lipinski definition) is 0. The molecule has 5 nitrogen and oxygen atoms in total. The molecular weight excluding hydrogens is 266 g/mol. The van der Waals surface area contributed by atoms with E-state index < -0.39 is 0 Å². The van der Waals surface area contributed by atoms with Gasteiger partial charge in [-0.15, -0.1) is 0 Å². The summed E-state index contributed by atoms with van der Waals surface area (Å²) in [6, 6.07) is 7.99. The van der Waals surface area contributed by atoms with Gasteiger partial charge in [0.05, 0.1) is 13.7 Å². The molecule has 1 aromatic carbocycles. The summed E-state index contributed by atoms with van der Waals surface area (Å²) in [4.78, 5) is 4.57. The Labute approximate surface area is 125 Å². The van der Waals surface area contributed by atoms with Crippen LogP contribution < -0.4 is 4.74 Å². The third-order valence-electron chi connectivity index (χ3n) is 3.15. The average Bonchev–Trinajstić information content (AvgIpc) is 2.81. The predicted octanol–water partition coefficient (Wildman–Crippen LogP) is 2.68. The van der Waals surface area contributed by atoms with Crippen molar-refractivity contribution in [3.8, 4) is 5.75 Å². The minimum atomic E-state index is 0.473. The van der Waals surface area contributed by atoms with E-state index in [0.717, 1.165) is 29.4 Å². The second-order valence-electron chi connectivity index (χ2n) is 5.48. The fourth-order valence-electron chi connectivity index (χ4n) is 2.14. The molecule has 0 saturated carbocycles. The molecule has 114 valence electrons. The average molecular weight is 289 g/mol. The summed E-state index contributed by atoms with van der Waals surface area (Å²) in [5.41, 5.74) is 1.16. The van der Waals surface area contributed by atoms with E-state index in [1.807, 2.05) is 28.9 Å². The molecule has 0 bridgehead atoms. The van der Waals surface area contributed by atoms with Gasteiger partial charge < -0.3 is 9.47 Å². The highest BCUT2D eigenvalue weighted by molar-refractivity contribution is 5.27. The van der Waals surface area contributed by atoms with Crippen LogP contribution in [0.25, 0.3) is 0 Å². The zero-order valence-electron chi connectivity index (χ0n) is 13.2. The summed E-state index contributed by atoms with van der Waals surface area (Å²) < 4.78 is 12.3. The van der Waals surface area contributed by atoms with Crippen LogP contribution in [-0.4, -0.2) is 29.0 Å². The number of rotatable bonds is 7. The van der Waals surface area contributed by atoms with E-state index in [2.05, 4.69) is 23.9 Å². The number of benzene rings is 1. The normalized spacial score (nSPS) is 11.1. The highest BCUT2D eigenvalue weighted by atomic mass is 16.5. The van der Waals surface area contributed by atoms with Gasteiger partial charge in [0.2, 0.25) is 0 Å². The van der Waals surface area contributed by atoms with Crippen LogP contribution >= 0.6 is 0 Å². The van der Waals surface area contributed by atoms with Gasteiger partial charge in [0, 0.05) is 13.5 Å². The monoisotopic (exact) mass is 289 g/mol. The summed E-state index contributed by atoms with van der Waals surface area (Å²) in [6.07, 6.45) is 0.881. The quantitative estimate of drug-likeness (QED) is 0.786. The number of nitrogens with zero attached hydrogens (tertiary/aromatic N) is 3. The van der Waals surface area contributed by atoms with Crippen LogP contribution in [0.5, 0.6) is 5.75 Å². The van der Waals surface area contributed by atoms with Crippen LogP contribution in [0.3, 0.4) is 0 Å². The summed E-state index contributed by atoms with van der Waals surface area (Å²) in [5, 5.41) is 4.60. The standard InChI is InChI=1S/C16H23N3O2/c1-12(2)9-15-17-16(11-20-3)19(18-15)10-13-5-7-14(21-4)8-6-13/h5-8,12H,9-11H2,1-4H3. The van der Waals surface area contributed by atoms with E-state index in [0.29, 0.717) is 19.1 Å². The topological polar surface area (TPSA) is 49.2 Å². The molecule has 0 atom stereocenters. The smallest absolute Gasteiger partial charge is 0.153 e. The maximum absolute atomic E-state index is 5.22. The molecule has 0 aliphatic rings. The lowest BCUT2D eigenvalue weighted by molar-refractivity contribution is 0.173. The summed E-state index contributed by atoms with van der Waals surface area (Å²) >= 11 is 0. The Morgan fingerprint density at radius 1 is 1.14 bits per heavy atom. The van der Waals surface area contributed by atoms with Gasteiger partial charge in [-0.2, -0.15) is 5.10 Å². The van der Waals surface area contributed by atoms with Crippen molar-refractivity contribution in [3.05, 3.63) is 41.5 Å². The Balaban J connectivity index is 2.17. The predicted molar refractivity (Wildman–Crippen MR) is 81.4 cm³/mol. The third kappa shape index (κ3) is 4.29. The van der Waals surface area contributed by atoms with Crippen molar-refractivity contribution in [1.29, 1.82) is 0 Å². The van der Waals surface area contributed by atoms with Gasteiger partial charge in [0.15, 0.2) is 11.6 Å². The fraction of sp³-hybridized carbons (Fsp3) is 0.500. The summed E-state index contributed by atoms with van der Waals surface area (Å²) in [6.45, 7) is 5.50. The van der Waals surface area contributed by atoms with Crippen molar-refractivity contribution >= 4 is 0 Å². The molecule has 5 heteroatoms. The maximum atomic E-state index is 5.22. The van der Waals surface area contributed by atoms with Crippen LogP contribution in [0.2, 0.25) is 0 Å². The molecule has 0 fully saturated rings. The van der Waals surface area contributed by atoms with E-state index >= 15 is 0 Å². The molecule has 0 radical (unpaired) electrons. The molecule has 0 saturated heterocycles. The zero-order valence-corrected chi connectivity index (χ0v) is 13.2. The van der Waals surface area contributed by atoms with E-state index in [1.54, 1.807) is 14.2 Å². The second-order valence-corrected chi connectivity index (χ2v) is 5.48. The molecule has 1 aromatic heterocycles. The lowest BCUT2D eigenvalue weighted by atomic mass is 10.1. The number of ether oxygens (including phenoxy) is 2. The molecule has 0 aliphatic carbocycles. The van der Waals surface area contributed by atoms with Gasteiger partial charge in [-0.25, -0.2) is 9.67 Å². The van der Waals surface area contributed by atoms with Crippen LogP contribution in [0.4, 0.5) is 0 Å². The Morgan fingerprint density at radius 2 is 1.86 bits per heavy atom. The molecule has 0 spiro atoms. The molecule has 0 unspecified atom stereocenters. The molecule has 2 rings (SSSR count). The Bertz CT molecular complexity index is 561. The van der Waals surface area contributed by atoms with Gasteiger partial charge in [-0.05, 0) is 23.6 Å². The molecule has 1 heterocycles. The minimum Gasteiger partial charge on any atom is -0.497 e. The van der Waals surface area contributed by atoms with Crippen molar-refractivity contribution < 1.29 is 9.47 Å². The highest BCUT2D eigenvalue weighted by Crippen LogP contribution is 2.14. The van der Waals surface area contributed by atoms with E-state index in [1.165, 1.54) is 0 Å². The largest absolute Gasteiger partial charge is 0.497 e. The van der Waals surface area contributed by atoms with E-state index in [4.69, 9.17) is 9.47 Å². The van der Waals surface area contributed by atoms with Crippen LogP contribution in [0.1, 0.15) is 31.1 Å². The van der Waals surface area contributed by atoms with Crippen molar-refractivity contribution in [2.45, 2.75) is 33.4 Å². The maximum Gasteiger partial charge on any atom is 0.153 e. The van der Waals surface area contributed by atoms with Crippen LogP contribution in [0, 0.1) is 5.92 Å². The van der Waals surface area contributed by atoms with Gasteiger partial charge in [-0.1, -0.05) is 26.0 Å². The second kappa shape index (κ2) is 7.22. The molecule has 0 N–H and O–H groups in total. The zero-order chi connectivity index (χ0) is 15.2. The minimum absolute atomic E-state index is 0.473. The lowest BCUT2D eigenvalue weighted by Crippen LogP contribution is -2.08. The van der Waals surface area contributed by atoms with Gasteiger partial charge in [-0.3, -0.25) is 0 Å². The Hall–Kier alpha value is -1.88.